The van der Waals surface area contributed by atoms with Crippen LogP contribution in [-0.4, -0.2) is 0 Å². The predicted octanol–water partition coefficient (Wildman–Crippen LogP) is 16.1. The Morgan fingerprint density at radius 1 is 0.304 bits per heavy atom. The summed E-state index contributed by atoms with van der Waals surface area (Å²) in [4.78, 5) is 0. The Hall–Kier alpha value is -5.98. The van der Waals surface area contributed by atoms with E-state index in [1.807, 2.05) is 0 Å². The number of hydrogen-bond donors (Lipinski definition) is 0. The van der Waals surface area contributed by atoms with E-state index in [1.165, 1.54) is 104 Å². The van der Waals surface area contributed by atoms with Crippen molar-refractivity contribution in [3.8, 4) is 44.5 Å². The van der Waals surface area contributed by atoms with Crippen molar-refractivity contribution in [3.63, 3.8) is 0 Å². The molecule has 0 N–H and O–H groups in total. The van der Waals surface area contributed by atoms with Crippen molar-refractivity contribution in [1.82, 2.24) is 0 Å². The predicted molar refractivity (Wildman–Crippen MR) is 245 cm³/mol. The fourth-order valence-electron chi connectivity index (χ4n) is 9.01. The molecule has 0 bridgehead atoms. The molecule has 0 heterocycles. The van der Waals surface area contributed by atoms with Gasteiger partial charge < -0.3 is 0 Å². The van der Waals surface area contributed by atoms with Gasteiger partial charge in [0.15, 0.2) is 0 Å². The summed E-state index contributed by atoms with van der Waals surface area (Å²) in [5.74, 6) is 0. The van der Waals surface area contributed by atoms with Gasteiger partial charge in [-0.2, -0.15) is 0 Å². The Labute approximate surface area is 332 Å². The van der Waals surface area contributed by atoms with E-state index in [9.17, 15) is 0 Å². The topological polar surface area (TPSA) is 0 Å². The molecule has 9 aromatic carbocycles. The highest BCUT2D eigenvalue weighted by atomic mass is 14.3. The van der Waals surface area contributed by atoms with Crippen molar-refractivity contribution < 1.29 is 0 Å². The molecule has 0 aliphatic carbocycles. The van der Waals surface area contributed by atoms with E-state index >= 15 is 0 Å². The molecule has 0 saturated carbocycles. The molecular weight excluding hydrogens is 673 g/mol. The van der Waals surface area contributed by atoms with E-state index in [-0.39, 0.29) is 10.8 Å². The van der Waals surface area contributed by atoms with E-state index in [2.05, 4.69) is 212 Å². The lowest BCUT2D eigenvalue weighted by atomic mass is 9.80. The molecule has 9 aromatic rings. The lowest BCUT2D eigenvalue weighted by Crippen LogP contribution is -2.10. The summed E-state index contributed by atoms with van der Waals surface area (Å²) in [6.07, 6.45) is 0.943. The van der Waals surface area contributed by atoms with Crippen LogP contribution in [0.15, 0.2) is 164 Å². The highest BCUT2D eigenvalue weighted by Gasteiger charge is 2.23. The first-order valence-corrected chi connectivity index (χ1v) is 20.2. The van der Waals surface area contributed by atoms with Gasteiger partial charge in [-0.1, -0.05) is 194 Å². The van der Waals surface area contributed by atoms with Crippen LogP contribution in [0.3, 0.4) is 0 Å². The van der Waals surface area contributed by atoms with Gasteiger partial charge in [0.1, 0.15) is 0 Å². The highest BCUT2D eigenvalue weighted by Crippen LogP contribution is 2.49. The summed E-state index contributed by atoms with van der Waals surface area (Å²) in [6.45, 7) is 16.0. The van der Waals surface area contributed by atoms with Crippen LogP contribution in [-0.2, 0) is 17.3 Å². The molecular formula is C56H50. The van der Waals surface area contributed by atoms with Gasteiger partial charge in [-0.05, 0) is 140 Å². The molecule has 0 aliphatic heterocycles. The molecule has 0 amide bonds. The van der Waals surface area contributed by atoms with E-state index < -0.39 is 0 Å². The Kier molecular flexibility index (Phi) is 8.70. The zero-order valence-electron chi connectivity index (χ0n) is 33.8. The minimum atomic E-state index is 0.0912. The minimum absolute atomic E-state index is 0.0912. The first-order chi connectivity index (χ1) is 27.0. The summed E-state index contributed by atoms with van der Waals surface area (Å²) in [5, 5.41) is 10.4. The molecule has 0 heteroatoms. The fraction of sp³-hybridized carbons (Fsp3) is 0.179. The summed E-state index contributed by atoms with van der Waals surface area (Å²) in [5.41, 5.74) is 14.4. The monoisotopic (exact) mass is 722 g/mol. The minimum Gasteiger partial charge on any atom is -0.0616 e. The Morgan fingerprint density at radius 2 is 0.625 bits per heavy atom. The standard InChI is InChI=1S/C56H50/c1-8-43-44-17-9-10-18-45(44)46-19-11-12-20-47(46)53(43)54-50-23-15-13-21-48(50)52(49-22-14-16-24-51(49)54)40-34-38(36-25-29-41(30-26-36)55(2,3)4)33-39(35-40)37-27-31-42(32-28-37)56(5,6)7/h9-35H,8H2,1-7H3. The molecule has 0 aromatic heterocycles. The van der Waals surface area contributed by atoms with Crippen LogP contribution in [0.2, 0.25) is 0 Å². The van der Waals surface area contributed by atoms with Gasteiger partial charge in [0.25, 0.3) is 0 Å². The third-order valence-electron chi connectivity index (χ3n) is 12.0. The van der Waals surface area contributed by atoms with Crippen LogP contribution >= 0.6 is 0 Å². The summed E-state index contributed by atoms with van der Waals surface area (Å²) < 4.78 is 0. The van der Waals surface area contributed by atoms with Crippen LogP contribution in [0.5, 0.6) is 0 Å². The second kappa shape index (κ2) is 13.6. The van der Waals surface area contributed by atoms with Crippen molar-refractivity contribution in [2.45, 2.75) is 65.7 Å². The van der Waals surface area contributed by atoms with Gasteiger partial charge in [0.05, 0.1) is 0 Å². The molecule has 0 atom stereocenters. The maximum Gasteiger partial charge on any atom is -0.00171 e. The van der Waals surface area contributed by atoms with Gasteiger partial charge in [0.2, 0.25) is 0 Å². The maximum absolute atomic E-state index is 2.43. The summed E-state index contributed by atoms with van der Waals surface area (Å²) >= 11 is 0. The average molecular weight is 723 g/mol. The highest BCUT2D eigenvalue weighted by molar-refractivity contribution is 6.26. The molecule has 274 valence electrons. The fourth-order valence-corrected chi connectivity index (χ4v) is 9.01. The van der Waals surface area contributed by atoms with E-state index in [0.29, 0.717) is 0 Å². The van der Waals surface area contributed by atoms with Gasteiger partial charge >= 0.3 is 0 Å². The second-order valence-corrected chi connectivity index (χ2v) is 17.6. The molecule has 0 spiro atoms. The maximum atomic E-state index is 2.43. The molecule has 0 radical (unpaired) electrons. The largest absolute Gasteiger partial charge is 0.0616 e. The number of rotatable bonds is 5. The lowest BCUT2D eigenvalue weighted by molar-refractivity contribution is 0.590. The number of aryl methyl sites for hydroxylation is 1. The van der Waals surface area contributed by atoms with E-state index in [1.54, 1.807) is 0 Å². The quantitative estimate of drug-likeness (QED) is 0.123. The van der Waals surface area contributed by atoms with Crippen LogP contribution in [0, 0.1) is 0 Å². The van der Waals surface area contributed by atoms with Crippen LogP contribution in [0.4, 0.5) is 0 Å². The number of fused-ring (bicyclic) bond motifs is 5. The molecule has 0 unspecified atom stereocenters. The molecule has 0 aliphatic rings. The summed E-state index contributed by atoms with van der Waals surface area (Å²) in [6, 6.07) is 61.9. The SMILES string of the molecule is CCc1c(-c2c3ccccc3c(-c3cc(-c4ccc(C(C)(C)C)cc4)cc(-c4ccc(C(C)(C)C)cc4)c3)c3ccccc23)c2ccccc2c2ccccc12. The van der Waals surface area contributed by atoms with Gasteiger partial charge in [0, 0.05) is 0 Å². The van der Waals surface area contributed by atoms with Gasteiger partial charge in [-0.15, -0.1) is 0 Å². The third kappa shape index (κ3) is 6.09. The van der Waals surface area contributed by atoms with Crippen molar-refractivity contribution in [1.29, 1.82) is 0 Å². The summed E-state index contributed by atoms with van der Waals surface area (Å²) in [7, 11) is 0. The second-order valence-electron chi connectivity index (χ2n) is 17.6. The molecule has 0 fully saturated rings. The van der Waals surface area contributed by atoms with Crippen molar-refractivity contribution >= 4 is 43.1 Å². The Balaban J connectivity index is 1.37. The zero-order valence-corrected chi connectivity index (χ0v) is 33.8. The lowest BCUT2D eigenvalue weighted by Gasteiger charge is -2.23. The van der Waals surface area contributed by atoms with Gasteiger partial charge in [-0.25, -0.2) is 0 Å². The smallest absolute Gasteiger partial charge is 0.00171 e. The molecule has 0 saturated heterocycles. The average Bonchev–Trinajstić information content (AvgIpc) is 3.21. The van der Waals surface area contributed by atoms with Gasteiger partial charge in [-0.3, -0.25) is 0 Å². The van der Waals surface area contributed by atoms with Crippen molar-refractivity contribution in [2.24, 2.45) is 0 Å². The van der Waals surface area contributed by atoms with Crippen molar-refractivity contribution in [3.05, 3.63) is 180 Å². The molecule has 0 nitrogen and oxygen atoms in total. The van der Waals surface area contributed by atoms with E-state index in [4.69, 9.17) is 0 Å². The Morgan fingerprint density at radius 3 is 1.02 bits per heavy atom. The number of benzene rings is 9. The van der Waals surface area contributed by atoms with Crippen LogP contribution in [0.1, 0.15) is 65.2 Å². The van der Waals surface area contributed by atoms with Crippen molar-refractivity contribution in [2.75, 3.05) is 0 Å². The van der Waals surface area contributed by atoms with E-state index in [0.717, 1.165) is 6.42 Å². The third-order valence-corrected chi connectivity index (χ3v) is 12.0. The number of hydrogen-bond acceptors (Lipinski definition) is 0. The zero-order chi connectivity index (χ0) is 38.8. The normalized spacial score (nSPS) is 12.3. The molecule has 56 heavy (non-hydrogen) atoms. The Bertz CT molecular complexity index is 2790. The van der Waals surface area contributed by atoms with Crippen LogP contribution < -0.4 is 0 Å². The molecule has 9 rings (SSSR count). The van der Waals surface area contributed by atoms with Crippen LogP contribution in [0.25, 0.3) is 87.6 Å². The first-order valence-electron chi connectivity index (χ1n) is 20.2. The first kappa shape index (κ1) is 35.7.